The van der Waals surface area contributed by atoms with Crippen molar-refractivity contribution >= 4 is 17.7 Å². The molecule has 1 saturated heterocycles. The Labute approximate surface area is 103 Å². The third-order valence-electron chi connectivity index (χ3n) is 2.54. The van der Waals surface area contributed by atoms with E-state index in [1.807, 2.05) is 0 Å². The van der Waals surface area contributed by atoms with Crippen LogP contribution in [0.2, 0.25) is 0 Å². The van der Waals surface area contributed by atoms with E-state index >= 15 is 0 Å². The number of halogens is 3. The van der Waals surface area contributed by atoms with Crippen molar-refractivity contribution in [2.75, 3.05) is 13.1 Å². The minimum Gasteiger partial charge on any atom is -0.396 e. The van der Waals surface area contributed by atoms with Crippen molar-refractivity contribution in [1.29, 1.82) is 0 Å². The summed E-state index contributed by atoms with van der Waals surface area (Å²) in [5.41, 5.74) is 5.89. The van der Waals surface area contributed by atoms with Crippen LogP contribution in [0, 0.1) is 17.5 Å². The number of nitrogens with one attached hydrogen (secondary N) is 1. The van der Waals surface area contributed by atoms with Crippen molar-refractivity contribution in [2.24, 2.45) is 5.73 Å². The highest BCUT2D eigenvalue weighted by atomic mass is 32.1. The second kappa shape index (κ2) is 6.56. The summed E-state index contributed by atoms with van der Waals surface area (Å²) >= 11 is 4.05. The van der Waals surface area contributed by atoms with Crippen LogP contribution >= 0.6 is 12.2 Å². The molecule has 6 heteroatoms. The molecule has 3 N–H and O–H groups in total. The molecule has 94 valence electrons. The number of rotatable bonds is 1. The molecule has 1 aliphatic rings. The van der Waals surface area contributed by atoms with Gasteiger partial charge in [-0.1, -0.05) is 12.2 Å². The van der Waals surface area contributed by atoms with Crippen LogP contribution < -0.4 is 11.1 Å². The Kier molecular flexibility index (Phi) is 5.37. The first-order chi connectivity index (χ1) is 8.10. The molecule has 1 aromatic rings. The quantitative estimate of drug-likeness (QED) is 0.601. The van der Waals surface area contributed by atoms with Crippen molar-refractivity contribution < 1.29 is 13.2 Å². The maximum absolute atomic E-state index is 13.2. The number of hydrogen-bond donors (Lipinski definition) is 2. The summed E-state index contributed by atoms with van der Waals surface area (Å²) in [5.74, 6) is -2.80. The normalized spacial score (nSPS) is 18.4. The minimum atomic E-state index is -1.13. The predicted octanol–water partition coefficient (Wildman–Crippen LogP) is 2.08. The van der Waals surface area contributed by atoms with E-state index in [9.17, 15) is 13.2 Å². The summed E-state index contributed by atoms with van der Waals surface area (Å²) in [6.45, 7) is 1.42. The van der Waals surface area contributed by atoms with Crippen LogP contribution in [0.15, 0.2) is 12.1 Å². The Morgan fingerprint density at radius 3 is 2.35 bits per heavy atom. The summed E-state index contributed by atoms with van der Waals surface area (Å²) < 4.78 is 38.7. The standard InChI is InChI=1S/C10H10F3N.CH3NS/c11-8-4-10(13)9(12)3-7(8)6-1-2-14-5-6;2-1-3/h3-4,6,14H,1-2,5H2;1H,(H2,2,3). The fourth-order valence-corrected chi connectivity index (χ4v) is 1.77. The van der Waals surface area contributed by atoms with Crippen molar-refractivity contribution in [1.82, 2.24) is 5.32 Å². The summed E-state index contributed by atoms with van der Waals surface area (Å²) in [6, 6.07) is 1.57. The molecule has 2 rings (SSSR count). The molecule has 1 aromatic carbocycles. The lowest BCUT2D eigenvalue weighted by Crippen LogP contribution is -2.09. The third-order valence-corrected chi connectivity index (χ3v) is 2.54. The number of benzene rings is 1. The molecule has 0 radical (unpaired) electrons. The highest BCUT2D eigenvalue weighted by Gasteiger charge is 2.21. The average molecular weight is 262 g/mol. The van der Waals surface area contributed by atoms with Crippen LogP contribution in [-0.4, -0.2) is 18.6 Å². The molecule has 0 saturated carbocycles. The van der Waals surface area contributed by atoms with Gasteiger partial charge in [-0.3, -0.25) is 0 Å². The molecule has 0 spiro atoms. The number of thiocarbonyl (C=S) groups is 1. The topological polar surface area (TPSA) is 38.0 Å². The first kappa shape index (κ1) is 13.9. The van der Waals surface area contributed by atoms with Crippen molar-refractivity contribution in [3.05, 3.63) is 35.1 Å². The van der Waals surface area contributed by atoms with Gasteiger partial charge in [0.1, 0.15) is 5.82 Å². The van der Waals surface area contributed by atoms with E-state index in [0.717, 1.165) is 24.5 Å². The van der Waals surface area contributed by atoms with Crippen LogP contribution in [-0.2, 0) is 0 Å². The summed E-state index contributed by atoms with van der Waals surface area (Å²) in [5, 5.41) is 3.05. The molecule has 1 atom stereocenters. The first-order valence-corrected chi connectivity index (χ1v) is 5.57. The van der Waals surface area contributed by atoms with Crippen molar-refractivity contribution in [3.63, 3.8) is 0 Å². The van der Waals surface area contributed by atoms with Gasteiger partial charge in [0.25, 0.3) is 0 Å². The molecule has 0 bridgehead atoms. The lowest BCUT2D eigenvalue weighted by molar-refractivity contribution is 0.485. The largest absolute Gasteiger partial charge is 0.396 e. The van der Waals surface area contributed by atoms with E-state index in [-0.39, 0.29) is 11.5 Å². The Balaban J connectivity index is 0.000000437. The van der Waals surface area contributed by atoms with Gasteiger partial charge in [0.15, 0.2) is 11.6 Å². The van der Waals surface area contributed by atoms with E-state index in [4.69, 9.17) is 0 Å². The third kappa shape index (κ3) is 3.67. The van der Waals surface area contributed by atoms with Crippen LogP contribution in [0.4, 0.5) is 13.2 Å². The van der Waals surface area contributed by atoms with Gasteiger partial charge in [0.05, 0.1) is 5.49 Å². The van der Waals surface area contributed by atoms with Gasteiger partial charge in [0.2, 0.25) is 0 Å². The van der Waals surface area contributed by atoms with Gasteiger partial charge >= 0.3 is 0 Å². The lowest BCUT2D eigenvalue weighted by Gasteiger charge is -2.10. The lowest BCUT2D eigenvalue weighted by atomic mass is 9.98. The van der Waals surface area contributed by atoms with Gasteiger partial charge in [0, 0.05) is 18.5 Å². The van der Waals surface area contributed by atoms with E-state index in [1.54, 1.807) is 0 Å². The van der Waals surface area contributed by atoms with Crippen LogP contribution in [0.1, 0.15) is 17.9 Å². The van der Waals surface area contributed by atoms with E-state index < -0.39 is 17.5 Å². The minimum absolute atomic E-state index is 0.0369. The second-order valence-electron chi connectivity index (χ2n) is 3.61. The Bertz CT molecular complexity index is 393. The predicted molar refractivity (Wildman–Crippen MR) is 64.4 cm³/mol. The molecule has 0 aliphatic carbocycles. The Morgan fingerprint density at radius 1 is 1.24 bits per heavy atom. The fraction of sp³-hybridized carbons (Fsp3) is 0.364. The zero-order valence-corrected chi connectivity index (χ0v) is 9.87. The highest BCUT2D eigenvalue weighted by Crippen LogP contribution is 2.26. The average Bonchev–Trinajstić information content (AvgIpc) is 2.78. The smallest absolute Gasteiger partial charge is 0.161 e. The maximum Gasteiger partial charge on any atom is 0.161 e. The molecule has 1 fully saturated rings. The van der Waals surface area contributed by atoms with Gasteiger partial charge in [-0.15, -0.1) is 0 Å². The van der Waals surface area contributed by atoms with Crippen molar-refractivity contribution in [3.8, 4) is 0 Å². The Hall–Kier alpha value is -1.14. The van der Waals surface area contributed by atoms with Gasteiger partial charge < -0.3 is 11.1 Å². The maximum atomic E-state index is 13.2. The first-order valence-electron chi connectivity index (χ1n) is 5.10. The molecule has 1 unspecified atom stereocenters. The monoisotopic (exact) mass is 262 g/mol. The van der Waals surface area contributed by atoms with Crippen molar-refractivity contribution in [2.45, 2.75) is 12.3 Å². The van der Waals surface area contributed by atoms with Crippen LogP contribution in [0.25, 0.3) is 0 Å². The molecule has 2 nitrogen and oxygen atoms in total. The number of nitrogens with two attached hydrogens (primary N) is 1. The summed E-state index contributed by atoms with van der Waals surface area (Å²) in [7, 11) is 0. The van der Waals surface area contributed by atoms with Crippen LogP contribution in [0.5, 0.6) is 0 Å². The van der Waals surface area contributed by atoms with Gasteiger partial charge in [-0.25, -0.2) is 13.2 Å². The SMILES string of the molecule is Fc1cc(F)c(C2CCNC2)cc1F.NC=S. The zero-order chi connectivity index (χ0) is 12.8. The molecule has 1 aliphatic heterocycles. The Morgan fingerprint density at radius 2 is 1.82 bits per heavy atom. The molecule has 1 heterocycles. The van der Waals surface area contributed by atoms with E-state index in [2.05, 4.69) is 23.3 Å². The van der Waals surface area contributed by atoms with E-state index in [1.165, 1.54) is 0 Å². The van der Waals surface area contributed by atoms with Gasteiger partial charge in [-0.05, 0) is 24.6 Å². The molecule has 17 heavy (non-hydrogen) atoms. The molecular weight excluding hydrogens is 249 g/mol. The molecular formula is C11H13F3N2S. The van der Waals surface area contributed by atoms with E-state index in [0.29, 0.717) is 12.6 Å². The number of hydrogen-bond acceptors (Lipinski definition) is 2. The molecule has 0 aromatic heterocycles. The highest BCUT2D eigenvalue weighted by molar-refractivity contribution is 7.78. The fourth-order valence-electron chi connectivity index (χ4n) is 1.77. The summed E-state index contributed by atoms with van der Waals surface area (Å²) in [4.78, 5) is 0. The summed E-state index contributed by atoms with van der Waals surface area (Å²) in [6.07, 6.45) is 0.766. The van der Waals surface area contributed by atoms with Crippen LogP contribution in [0.3, 0.4) is 0 Å². The zero-order valence-electron chi connectivity index (χ0n) is 9.05. The van der Waals surface area contributed by atoms with Gasteiger partial charge in [-0.2, -0.15) is 0 Å². The molecule has 0 amide bonds. The second-order valence-corrected chi connectivity index (χ2v) is 3.89.